The Morgan fingerprint density at radius 1 is 0.837 bits per heavy atom. The number of sulfonamides is 1. The molecule has 1 aliphatic rings. The summed E-state index contributed by atoms with van der Waals surface area (Å²) >= 11 is 1.11. The fourth-order valence-electron chi connectivity index (χ4n) is 5.54. The Labute approximate surface area is 253 Å². The smallest absolute Gasteiger partial charge is 0.268 e. The Balaban J connectivity index is 1.27. The fraction of sp³-hybridized carbons (Fsp3) is 0.0882. The molecule has 0 radical (unpaired) electrons. The summed E-state index contributed by atoms with van der Waals surface area (Å²) in [5, 5.41) is 6.68. The van der Waals surface area contributed by atoms with Crippen LogP contribution in [0.2, 0.25) is 0 Å². The highest BCUT2D eigenvalue weighted by atomic mass is 32.2. The molecule has 0 amide bonds. The average molecular weight is 603 g/mol. The van der Waals surface area contributed by atoms with E-state index in [1.54, 1.807) is 41.8 Å². The largest absolute Gasteiger partial charge is 0.285 e. The summed E-state index contributed by atoms with van der Waals surface area (Å²) in [4.78, 5) is 13.8. The summed E-state index contributed by atoms with van der Waals surface area (Å²) < 4.78 is 34.5. The molecule has 7 nitrogen and oxygen atoms in total. The summed E-state index contributed by atoms with van der Waals surface area (Å²) in [7, 11) is -4.14. The predicted octanol–water partition coefficient (Wildman–Crippen LogP) is 6.45. The van der Waals surface area contributed by atoms with Gasteiger partial charge in [-0.05, 0) is 67.3 Å². The highest BCUT2D eigenvalue weighted by Gasteiger charge is 2.24. The highest BCUT2D eigenvalue weighted by molar-refractivity contribution is 7.90. The lowest BCUT2D eigenvalue weighted by Crippen LogP contribution is -2.25. The van der Waals surface area contributed by atoms with Gasteiger partial charge in [-0.25, -0.2) is 9.25 Å². The zero-order chi connectivity index (χ0) is 29.6. The normalized spacial score (nSPS) is 13.0. The number of hydrogen-bond donors (Lipinski definition) is 0. The molecule has 0 aliphatic heterocycles. The molecule has 0 unspecified atom stereocenters. The topological polar surface area (TPSA) is 86.3 Å². The standard InChI is InChI=1S/C34H26N4O3S2/c1-23-29-21-16-24-10-8-9-15-30(24)32(29)35-38(23)27-17-19-28(20-18-27)43(40,41)36-34-37(33(39)26-13-6-3-7-14-26)31(22-42-34)25-11-4-2-5-12-25/h2-15,17-20,22H,16,21H2,1H3/b36-34-. The first-order valence-corrected chi connectivity index (χ1v) is 16.2. The molecule has 43 heavy (non-hydrogen) atoms. The van der Waals surface area contributed by atoms with E-state index in [0.717, 1.165) is 52.4 Å². The first-order chi connectivity index (χ1) is 20.9. The third-order valence-corrected chi connectivity index (χ3v) is 9.96. The number of benzene rings is 4. The number of aromatic nitrogens is 3. The van der Waals surface area contributed by atoms with E-state index in [-0.39, 0.29) is 15.6 Å². The van der Waals surface area contributed by atoms with Crippen LogP contribution in [0, 0.1) is 6.92 Å². The minimum Gasteiger partial charge on any atom is -0.268 e. The van der Waals surface area contributed by atoms with Gasteiger partial charge in [0.15, 0.2) is 0 Å². The summed E-state index contributed by atoms with van der Waals surface area (Å²) in [6, 6.07) is 33.0. The second-order valence-electron chi connectivity index (χ2n) is 10.3. The van der Waals surface area contributed by atoms with Crippen LogP contribution in [-0.4, -0.2) is 28.7 Å². The van der Waals surface area contributed by atoms with Crippen molar-refractivity contribution in [2.45, 2.75) is 24.7 Å². The molecule has 0 saturated carbocycles. The Bertz CT molecular complexity index is 2160. The predicted molar refractivity (Wildman–Crippen MR) is 168 cm³/mol. The number of fused-ring (bicyclic) bond motifs is 3. The van der Waals surface area contributed by atoms with Crippen LogP contribution in [0.1, 0.15) is 27.2 Å². The van der Waals surface area contributed by atoms with Gasteiger partial charge in [0.1, 0.15) is 0 Å². The zero-order valence-electron chi connectivity index (χ0n) is 23.2. The molecule has 0 bridgehead atoms. The summed E-state index contributed by atoms with van der Waals surface area (Å²) in [5.41, 5.74) is 8.21. The van der Waals surface area contributed by atoms with Crippen LogP contribution in [0.4, 0.5) is 0 Å². The van der Waals surface area contributed by atoms with E-state index in [1.165, 1.54) is 27.8 Å². The van der Waals surface area contributed by atoms with Gasteiger partial charge in [-0.2, -0.15) is 13.5 Å². The Hall–Kier alpha value is -4.86. The van der Waals surface area contributed by atoms with Crippen LogP contribution in [-0.2, 0) is 22.9 Å². The third-order valence-electron chi connectivity index (χ3n) is 7.74. The average Bonchev–Trinajstić information content (AvgIpc) is 3.62. The molecule has 1 aliphatic carbocycles. The number of nitrogens with zero attached hydrogens (tertiary/aromatic N) is 4. The molecular weight excluding hydrogens is 577 g/mol. The molecule has 0 spiro atoms. The van der Waals surface area contributed by atoms with Crippen molar-refractivity contribution < 1.29 is 13.2 Å². The molecule has 2 aromatic heterocycles. The number of thiazole rings is 1. The molecule has 0 saturated heterocycles. The molecule has 2 heterocycles. The van der Waals surface area contributed by atoms with Gasteiger partial charge in [0, 0.05) is 27.8 Å². The van der Waals surface area contributed by atoms with Gasteiger partial charge >= 0.3 is 0 Å². The monoisotopic (exact) mass is 602 g/mol. The zero-order valence-corrected chi connectivity index (χ0v) is 24.8. The van der Waals surface area contributed by atoms with Crippen molar-refractivity contribution >= 4 is 27.3 Å². The Morgan fingerprint density at radius 3 is 2.26 bits per heavy atom. The molecule has 0 fully saturated rings. The molecule has 6 aromatic rings. The molecule has 212 valence electrons. The van der Waals surface area contributed by atoms with Crippen molar-refractivity contribution in [2.24, 2.45) is 4.40 Å². The van der Waals surface area contributed by atoms with Crippen LogP contribution >= 0.6 is 11.3 Å². The summed E-state index contributed by atoms with van der Waals surface area (Å²) in [6.07, 6.45) is 1.88. The van der Waals surface area contributed by atoms with E-state index in [0.29, 0.717) is 11.3 Å². The van der Waals surface area contributed by atoms with Crippen molar-refractivity contribution in [1.29, 1.82) is 0 Å². The maximum absolute atomic E-state index is 13.6. The summed E-state index contributed by atoms with van der Waals surface area (Å²) in [6.45, 7) is 2.05. The molecule has 0 atom stereocenters. The van der Waals surface area contributed by atoms with Crippen molar-refractivity contribution in [1.82, 2.24) is 14.3 Å². The molecule has 9 heteroatoms. The van der Waals surface area contributed by atoms with E-state index in [2.05, 4.69) is 22.6 Å². The van der Waals surface area contributed by atoms with Crippen LogP contribution in [0.25, 0.3) is 28.2 Å². The second kappa shape index (κ2) is 10.8. The minimum atomic E-state index is -4.14. The molecular formula is C34H26N4O3S2. The van der Waals surface area contributed by atoms with Gasteiger partial charge in [0.25, 0.3) is 15.9 Å². The maximum atomic E-state index is 13.6. The van der Waals surface area contributed by atoms with Crippen molar-refractivity contribution in [3.63, 3.8) is 0 Å². The van der Waals surface area contributed by atoms with Crippen molar-refractivity contribution in [3.8, 4) is 28.2 Å². The molecule has 7 rings (SSSR count). The molecule has 4 aromatic carbocycles. The number of rotatable bonds is 5. The van der Waals surface area contributed by atoms with E-state index in [1.807, 2.05) is 54.1 Å². The van der Waals surface area contributed by atoms with Gasteiger partial charge < -0.3 is 0 Å². The first-order valence-electron chi connectivity index (χ1n) is 13.8. The first kappa shape index (κ1) is 27.0. The minimum absolute atomic E-state index is 0.0320. The number of aryl methyl sites for hydroxylation is 1. The van der Waals surface area contributed by atoms with Crippen LogP contribution in [0.3, 0.4) is 0 Å². The number of carbonyl (C=O) groups excluding carboxylic acids is 1. The van der Waals surface area contributed by atoms with Gasteiger partial charge in [0.05, 0.1) is 22.0 Å². The maximum Gasteiger partial charge on any atom is 0.285 e. The Kier molecular flexibility index (Phi) is 6.76. The van der Waals surface area contributed by atoms with E-state index < -0.39 is 10.0 Å². The number of carbonyl (C=O) groups is 1. The van der Waals surface area contributed by atoms with Crippen LogP contribution < -0.4 is 4.80 Å². The van der Waals surface area contributed by atoms with E-state index >= 15 is 0 Å². The lowest BCUT2D eigenvalue weighted by atomic mass is 9.89. The highest BCUT2D eigenvalue weighted by Crippen LogP contribution is 2.35. The van der Waals surface area contributed by atoms with Crippen molar-refractivity contribution in [3.05, 3.63) is 142 Å². The van der Waals surface area contributed by atoms with Crippen LogP contribution in [0.5, 0.6) is 0 Å². The SMILES string of the molecule is Cc1c2c(nn1-c1ccc(S(=O)(=O)/N=c3\scc(-c4ccccc4)n3C(=O)c3ccccc3)cc1)-c1ccccc1CC2. The van der Waals surface area contributed by atoms with Crippen molar-refractivity contribution in [2.75, 3.05) is 0 Å². The lowest BCUT2D eigenvalue weighted by Gasteiger charge is -2.14. The quantitative estimate of drug-likeness (QED) is 0.227. The van der Waals surface area contributed by atoms with Gasteiger partial charge in [-0.3, -0.25) is 4.79 Å². The van der Waals surface area contributed by atoms with E-state index in [9.17, 15) is 13.2 Å². The third kappa shape index (κ3) is 4.86. The number of hydrogen-bond acceptors (Lipinski definition) is 5. The second-order valence-corrected chi connectivity index (χ2v) is 12.8. The molecule has 0 N–H and O–H groups in total. The fourth-order valence-corrected chi connectivity index (χ4v) is 7.62. The van der Waals surface area contributed by atoms with E-state index in [4.69, 9.17) is 5.10 Å². The Morgan fingerprint density at radius 2 is 1.51 bits per heavy atom. The van der Waals surface area contributed by atoms with Gasteiger partial charge in [-0.15, -0.1) is 15.7 Å². The lowest BCUT2D eigenvalue weighted by molar-refractivity contribution is 0.0959. The van der Waals surface area contributed by atoms with Gasteiger partial charge in [-0.1, -0.05) is 72.8 Å². The van der Waals surface area contributed by atoms with Gasteiger partial charge in [0.2, 0.25) is 4.80 Å². The van der Waals surface area contributed by atoms with Crippen LogP contribution in [0.15, 0.2) is 124 Å². The summed E-state index contributed by atoms with van der Waals surface area (Å²) in [5.74, 6) is -0.357.